The number of rotatable bonds is 6. The summed E-state index contributed by atoms with van der Waals surface area (Å²) in [6.45, 7) is 6.45. The number of hydrogen-bond acceptors (Lipinski definition) is 5. The van der Waals surface area contributed by atoms with Gasteiger partial charge < -0.3 is 4.90 Å². The molecule has 0 aliphatic carbocycles. The molecule has 1 fully saturated rings. The topological polar surface area (TPSA) is 60.9 Å². The third-order valence-electron chi connectivity index (χ3n) is 5.15. The van der Waals surface area contributed by atoms with Crippen LogP contribution in [-0.2, 0) is 21.4 Å². The molecule has 8 heteroatoms. The lowest BCUT2D eigenvalue weighted by Gasteiger charge is -2.34. The van der Waals surface area contributed by atoms with E-state index in [0.29, 0.717) is 37.6 Å². The van der Waals surface area contributed by atoms with Crippen molar-refractivity contribution in [1.29, 1.82) is 0 Å². The quantitative estimate of drug-likeness (QED) is 0.718. The van der Waals surface area contributed by atoms with E-state index in [2.05, 4.69) is 11.4 Å². The maximum Gasteiger partial charge on any atom is 0.243 e. The first kappa shape index (κ1) is 21.0. The van der Waals surface area contributed by atoms with Crippen LogP contribution < -0.4 is 0 Å². The summed E-state index contributed by atoms with van der Waals surface area (Å²) >= 11 is 1.65. The molecular weight excluding hydrogens is 394 g/mol. The number of carbonyl (C=O) groups excluding carboxylic acids is 1. The van der Waals surface area contributed by atoms with E-state index in [0.717, 1.165) is 17.7 Å². The maximum absolute atomic E-state index is 12.9. The molecule has 6 nitrogen and oxygen atoms in total. The van der Waals surface area contributed by atoms with Gasteiger partial charge in [0.1, 0.15) is 0 Å². The number of carbonyl (C=O) groups is 1. The summed E-state index contributed by atoms with van der Waals surface area (Å²) in [7, 11) is -1.60. The minimum absolute atomic E-state index is 0.0426. The Kier molecular flexibility index (Phi) is 6.54. The van der Waals surface area contributed by atoms with Gasteiger partial charge in [-0.1, -0.05) is 6.07 Å². The fraction of sp³-hybridized carbons (Fsp3) is 0.450. The summed E-state index contributed by atoms with van der Waals surface area (Å²) in [6, 6.07) is 7.28. The summed E-state index contributed by atoms with van der Waals surface area (Å²) in [5.41, 5.74) is 3.23. The number of sulfonamides is 1. The van der Waals surface area contributed by atoms with E-state index in [9.17, 15) is 13.2 Å². The van der Waals surface area contributed by atoms with Crippen LogP contribution in [0.3, 0.4) is 0 Å². The standard InChI is InChI=1S/C20H27N3O3S2/c1-16-4-5-19(12-17(16)2)28(25,26)23-9-7-22(8-10-23)20(24)14-21(3)13-18-6-11-27-15-18/h4-6,11-12,15H,7-10,13-14H2,1-3H3. The second-order valence-electron chi connectivity index (χ2n) is 7.33. The third kappa shape index (κ3) is 4.81. The van der Waals surface area contributed by atoms with Gasteiger partial charge in [-0.3, -0.25) is 9.69 Å². The molecule has 2 heterocycles. The van der Waals surface area contributed by atoms with Gasteiger partial charge in [0, 0.05) is 32.7 Å². The van der Waals surface area contributed by atoms with Crippen molar-refractivity contribution >= 4 is 27.3 Å². The predicted octanol–water partition coefficient (Wildman–Crippen LogP) is 2.33. The summed E-state index contributed by atoms with van der Waals surface area (Å²) in [4.78, 5) is 16.6. The molecule has 0 spiro atoms. The van der Waals surface area contributed by atoms with Crippen LogP contribution in [0.4, 0.5) is 0 Å². The number of likely N-dealkylation sites (N-methyl/N-ethyl adjacent to an activating group) is 1. The van der Waals surface area contributed by atoms with Gasteiger partial charge in [0.25, 0.3) is 0 Å². The fourth-order valence-electron chi connectivity index (χ4n) is 3.28. The van der Waals surface area contributed by atoms with Crippen LogP contribution in [-0.4, -0.2) is 68.2 Å². The van der Waals surface area contributed by atoms with Crippen molar-refractivity contribution in [2.24, 2.45) is 0 Å². The van der Waals surface area contributed by atoms with Gasteiger partial charge in [-0.05, 0) is 66.5 Å². The first-order valence-corrected chi connectivity index (χ1v) is 11.7. The highest BCUT2D eigenvalue weighted by atomic mass is 32.2. The normalized spacial score (nSPS) is 15.9. The van der Waals surface area contributed by atoms with Crippen molar-refractivity contribution in [3.05, 3.63) is 51.7 Å². The second kappa shape index (κ2) is 8.73. The molecule has 1 aromatic heterocycles. The monoisotopic (exact) mass is 421 g/mol. The molecule has 1 aliphatic heterocycles. The Bertz CT molecular complexity index is 918. The Morgan fingerprint density at radius 2 is 1.82 bits per heavy atom. The lowest BCUT2D eigenvalue weighted by Crippen LogP contribution is -2.52. The van der Waals surface area contributed by atoms with Crippen molar-refractivity contribution < 1.29 is 13.2 Å². The van der Waals surface area contributed by atoms with Crippen LogP contribution in [0, 0.1) is 13.8 Å². The molecule has 0 bridgehead atoms. The van der Waals surface area contributed by atoms with Crippen LogP contribution in [0.5, 0.6) is 0 Å². The molecule has 3 rings (SSSR count). The average molecular weight is 422 g/mol. The molecule has 0 unspecified atom stereocenters. The first-order chi connectivity index (χ1) is 13.3. The molecular formula is C20H27N3O3S2. The number of benzene rings is 1. The number of aryl methyl sites for hydroxylation is 2. The summed E-state index contributed by atoms with van der Waals surface area (Å²) in [5.74, 6) is 0.0426. The van der Waals surface area contributed by atoms with E-state index in [4.69, 9.17) is 0 Å². The lowest BCUT2D eigenvalue weighted by molar-refractivity contribution is -0.133. The Morgan fingerprint density at radius 3 is 2.43 bits per heavy atom. The van der Waals surface area contributed by atoms with Gasteiger partial charge in [0.15, 0.2) is 0 Å². The number of thiophene rings is 1. The molecule has 0 saturated carbocycles. The van der Waals surface area contributed by atoms with Gasteiger partial charge in [0.2, 0.25) is 15.9 Å². The molecule has 0 radical (unpaired) electrons. The number of amides is 1. The van der Waals surface area contributed by atoms with E-state index in [1.165, 1.54) is 9.87 Å². The molecule has 1 saturated heterocycles. The zero-order chi connectivity index (χ0) is 20.3. The van der Waals surface area contributed by atoms with E-state index in [1.807, 2.05) is 37.2 Å². The maximum atomic E-state index is 12.9. The minimum Gasteiger partial charge on any atom is -0.339 e. The highest BCUT2D eigenvalue weighted by Crippen LogP contribution is 2.20. The van der Waals surface area contributed by atoms with Crippen molar-refractivity contribution in [3.8, 4) is 0 Å². The molecule has 1 amide bonds. The Labute approximate surface area is 171 Å². The van der Waals surface area contributed by atoms with E-state index in [1.54, 1.807) is 28.4 Å². The molecule has 2 aromatic rings. The number of piperazine rings is 1. The average Bonchev–Trinajstić information content (AvgIpc) is 3.16. The van der Waals surface area contributed by atoms with Gasteiger partial charge in [0.05, 0.1) is 11.4 Å². The van der Waals surface area contributed by atoms with Gasteiger partial charge in [-0.25, -0.2) is 8.42 Å². The zero-order valence-electron chi connectivity index (χ0n) is 16.6. The first-order valence-electron chi connectivity index (χ1n) is 9.32. The molecule has 0 N–H and O–H groups in total. The molecule has 1 aromatic carbocycles. The van der Waals surface area contributed by atoms with Gasteiger partial charge in [-0.15, -0.1) is 0 Å². The largest absolute Gasteiger partial charge is 0.339 e. The van der Waals surface area contributed by atoms with E-state index >= 15 is 0 Å². The number of nitrogens with zero attached hydrogens (tertiary/aromatic N) is 3. The SMILES string of the molecule is Cc1ccc(S(=O)(=O)N2CCN(C(=O)CN(C)Cc3ccsc3)CC2)cc1C. The van der Waals surface area contributed by atoms with Crippen molar-refractivity contribution in [1.82, 2.24) is 14.1 Å². The van der Waals surface area contributed by atoms with Crippen LogP contribution in [0.15, 0.2) is 39.9 Å². The summed E-state index contributed by atoms with van der Waals surface area (Å²) in [5, 5.41) is 4.11. The van der Waals surface area contributed by atoms with E-state index < -0.39 is 10.0 Å². The number of hydrogen-bond donors (Lipinski definition) is 0. The van der Waals surface area contributed by atoms with Crippen LogP contribution in [0.1, 0.15) is 16.7 Å². The molecule has 0 atom stereocenters. The predicted molar refractivity (Wildman–Crippen MR) is 112 cm³/mol. The van der Waals surface area contributed by atoms with Gasteiger partial charge >= 0.3 is 0 Å². The fourth-order valence-corrected chi connectivity index (χ4v) is 5.45. The smallest absolute Gasteiger partial charge is 0.243 e. The second-order valence-corrected chi connectivity index (χ2v) is 10.1. The lowest BCUT2D eigenvalue weighted by atomic mass is 10.1. The highest BCUT2D eigenvalue weighted by molar-refractivity contribution is 7.89. The van der Waals surface area contributed by atoms with Crippen LogP contribution >= 0.6 is 11.3 Å². The Hall–Kier alpha value is -1.74. The van der Waals surface area contributed by atoms with E-state index in [-0.39, 0.29) is 5.91 Å². The van der Waals surface area contributed by atoms with Crippen molar-refractivity contribution in [2.45, 2.75) is 25.3 Å². The third-order valence-corrected chi connectivity index (χ3v) is 7.77. The Balaban J connectivity index is 1.56. The molecule has 152 valence electrons. The van der Waals surface area contributed by atoms with Crippen molar-refractivity contribution in [2.75, 3.05) is 39.8 Å². The zero-order valence-corrected chi connectivity index (χ0v) is 18.2. The van der Waals surface area contributed by atoms with Gasteiger partial charge in [-0.2, -0.15) is 15.6 Å². The van der Waals surface area contributed by atoms with Crippen molar-refractivity contribution in [3.63, 3.8) is 0 Å². The van der Waals surface area contributed by atoms with Crippen LogP contribution in [0.2, 0.25) is 0 Å². The molecule has 1 aliphatic rings. The Morgan fingerprint density at radius 1 is 1.11 bits per heavy atom. The minimum atomic E-state index is -3.52. The highest BCUT2D eigenvalue weighted by Gasteiger charge is 2.30. The van der Waals surface area contributed by atoms with Crippen LogP contribution in [0.25, 0.3) is 0 Å². The summed E-state index contributed by atoms with van der Waals surface area (Å²) < 4.78 is 27.3. The molecule has 28 heavy (non-hydrogen) atoms. The summed E-state index contributed by atoms with van der Waals surface area (Å²) in [6.07, 6.45) is 0.